The second kappa shape index (κ2) is 5.68. The van der Waals surface area contributed by atoms with Gasteiger partial charge in [-0.1, -0.05) is 6.07 Å². The van der Waals surface area contributed by atoms with Crippen LogP contribution in [0.3, 0.4) is 0 Å². The average Bonchev–Trinajstić information content (AvgIpc) is 2.89. The lowest BCUT2D eigenvalue weighted by atomic mass is 10.2. The van der Waals surface area contributed by atoms with Gasteiger partial charge in [-0.2, -0.15) is 0 Å². The monoisotopic (exact) mass is 313 g/mol. The zero-order valence-corrected chi connectivity index (χ0v) is 12.2. The predicted molar refractivity (Wildman–Crippen MR) is 78.1 cm³/mol. The van der Waals surface area contributed by atoms with Crippen molar-refractivity contribution in [3.8, 4) is 0 Å². The molecule has 106 valence electrons. The Bertz CT molecular complexity index is 645. The number of benzene rings is 1. The number of alkyl halides is 1. The molecule has 0 saturated carbocycles. The number of ether oxygens (including phenoxy) is 1. The van der Waals surface area contributed by atoms with Gasteiger partial charge in [-0.25, -0.2) is 4.39 Å². The van der Waals surface area contributed by atoms with Crippen LogP contribution in [-0.2, 0) is 4.74 Å². The maximum absolute atomic E-state index is 13.2. The lowest BCUT2D eigenvalue weighted by molar-refractivity contribution is -0.0106. The van der Waals surface area contributed by atoms with E-state index < -0.39 is 0 Å². The van der Waals surface area contributed by atoms with Crippen molar-refractivity contribution in [1.29, 1.82) is 0 Å². The first kappa shape index (κ1) is 13.8. The molecule has 1 aliphatic heterocycles. The van der Waals surface area contributed by atoms with Crippen molar-refractivity contribution >= 4 is 38.9 Å². The molecule has 3 rings (SSSR count). The van der Waals surface area contributed by atoms with Crippen molar-refractivity contribution in [3.63, 3.8) is 0 Å². The summed E-state index contributed by atoms with van der Waals surface area (Å²) in [6.45, 7) is 1.57. The van der Waals surface area contributed by atoms with Gasteiger partial charge in [0.15, 0.2) is 0 Å². The van der Waals surface area contributed by atoms with Gasteiger partial charge in [-0.3, -0.25) is 4.79 Å². The Balaban J connectivity index is 1.84. The molecule has 1 atom stereocenters. The number of rotatable bonds is 2. The fourth-order valence-corrected chi connectivity index (χ4v) is 3.51. The topological polar surface area (TPSA) is 29.5 Å². The maximum atomic E-state index is 13.2. The van der Waals surface area contributed by atoms with E-state index >= 15 is 0 Å². The fourth-order valence-electron chi connectivity index (χ4n) is 2.26. The highest BCUT2D eigenvalue weighted by molar-refractivity contribution is 7.20. The van der Waals surface area contributed by atoms with Gasteiger partial charge in [0.1, 0.15) is 5.82 Å². The van der Waals surface area contributed by atoms with Gasteiger partial charge in [0.25, 0.3) is 5.91 Å². The van der Waals surface area contributed by atoms with Crippen molar-refractivity contribution in [2.24, 2.45) is 0 Å². The molecule has 0 aliphatic carbocycles. The minimum absolute atomic E-state index is 0.0370. The predicted octanol–water partition coefficient (Wildman–Crippen LogP) is 3.12. The molecule has 1 aliphatic rings. The van der Waals surface area contributed by atoms with E-state index in [-0.39, 0.29) is 17.8 Å². The first-order valence-electron chi connectivity index (χ1n) is 6.33. The highest BCUT2D eigenvalue weighted by Gasteiger charge is 2.25. The van der Waals surface area contributed by atoms with E-state index in [0.29, 0.717) is 30.5 Å². The minimum atomic E-state index is -0.285. The van der Waals surface area contributed by atoms with Gasteiger partial charge in [-0.05, 0) is 23.6 Å². The van der Waals surface area contributed by atoms with E-state index in [9.17, 15) is 9.18 Å². The Morgan fingerprint density at radius 3 is 3.15 bits per heavy atom. The zero-order chi connectivity index (χ0) is 14.1. The van der Waals surface area contributed by atoms with Crippen LogP contribution in [0.1, 0.15) is 9.67 Å². The highest BCUT2D eigenvalue weighted by Crippen LogP contribution is 2.27. The number of amides is 1. The van der Waals surface area contributed by atoms with Gasteiger partial charge in [0.2, 0.25) is 0 Å². The first-order chi connectivity index (χ1) is 9.67. The number of halogens is 2. The van der Waals surface area contributed by atoms with E-state index in [2.05, 4.69) is 0 Å². The van der Waals surface area contributed by atoms with Crippen molar-refractivity contribution in [2.45, 2.75) is 6.10 Å². The number of carbonyl (C=O) groups excluding carboxylic acids is 1. The van der Waals surface area contributed by atoms with Gasteiger partial charge in [0, 0.05) is 17.8 Å². The third kappa shape index (κ3) is 2.66. The number of morpholine rings is 1. The smallest absolute Gasteiger partial charge is 0.264 e. The van der Waals surface area contributed by atoms with Crippen molar-refractivity contribution in [1.82, 2.24) is 4.90 Å². The first-order valence-corrected chi connectivity index (χ1v) is 7.68. The average molecular weight is 314 g/mol. The molecule has 3 nitrogen and oxygen atoms in total. The van der Waals surface area contributed by atoms with Gasteiger partial charge >= 0.3 is 0 Å². The fraction of sp³-hybridized carbons (Fsp3) is 0.357. The van der Waals surface area contributed by atoms with E-state index in [4.69, 9.17) is 16.3 Å². The molecule has 2 aromatic rings. The Morgan fingerprint density at radius 2 is 2.35 bits per heavy atom. The van der Waals surface area contributed by atoms with Crippen LogP contribution in [0.5, 0.6) is 0 Å². The van der Waals surface area contributed by atoms with Crippen molar-refractivity contribution < 1.29 is 13.9 Å². The van der Waals surface area contributed by atoms with Crippen LogP contribution in [0, 0.1) is 5.82 Å². The van der Waals surface area contributed by atoms with E-state index in [1.165, 1.54) is 23.5 Å². The van der Waals surface area contributed by atoms with Crippen LogP contribution >= 0.6 is 22.9 Å². The van der Waals surface area contributed by atoms with E-state index in [0.717, 1.165) is 10.1 Å². The lowest BCUT2D eigenvalue weighted by Gasteiger charge is -2.31. The number of hydrogen-bond acceptors (Lipinski definition) is 3. The van der Waals surface area contributed by atoms with Gasteiger partial charge in [0.05, 0.1) is 23.5 Å². The summed E-state index contributed by atoms with van der Waals surface area (Å²) in [5.74, 6) is 0.0541. The molecule has 1 aromatic heterocycles. The summed E-state index contributed by atoms with van der Waals surface area (Å²) in [5.41, 5.74) is 0. The molecule has 2 heterocycles. The molecular weight excluding hydrogens is 301 g/mol. The van der Waals surface area contributed by atoms with Gasteiger partial charge in [-0.15, -0.1) is 22.9 Å². The quantitative estimate of drug-likeness (QED) is 0.797. The molecule has 0 N–H and O–H groups in total. The second-order valence-corrected chi connectivity index (χ2v) is 6.08. The molecule has 1 amide bonds. The number of thiophene rings is 1. The molecule has 6 heteroatoms. The number of fused-ring (bicyclic) bond motifs is 1. The van der Waals surface area contributed by atoms with Crippen molar-refractivity contribution in [2.75, 3.05) is 25.6 Å². The van der Waals surface area contributed by atoms with Crippen molar-refractivity contribution in [3.05, 3.63) is 35.0 Å². The summed E-state index contributed by atoms with van der Waals surface area (Å²) in [4.78, 5) is 14.8. The Hall–Kier alpha value is -1.17. The normalized spacial score (nSPS) is 19.5. The maximum Gasteiger partial charge on any atom is 0.264 e. The zero-order valence-electron chi connectivity index (χ0n) is 10.6. The SMILES string of the molecule is O=C(c1cc2ccc(F)cc2s1)N1CCOC(CCl)C1. The molecule has 0 radical (unpaired) electrons. The molecule has 20 heavy (non-hydrogen) atoms. The van der Waals surface area contributed by atoms with Crippen LogP contribution in [0.15, 0.2) is 24.3 Å². The summed E-state index contributed by atoms with van der Waals surface area (Å²) in [7, 11) is 0. The Labute approximate surface area is 124 Å². The lowest BCUT2D eigenvalue weighted by Crippen LogP contribution is -2.46. The third-order valence-electron chi connectivity index (χ3n) is 3.29. The molecule has 1 aromatic carbocycles. The number of carbonyl (C=O) groups is 1. The summed E-state index contributed by atoms with van der Waals surface area (Å²) in [6, 6.07) is 6.37. The van der Waals surface area contributed by atoms with Crippen LogP contribution < -0.4 is 0 Å². The molecular formula is C14H13ClFNO2S. The number of nitrogens with zero attached hydrogens (tertiary/aromatic N) is 1. The summed E-state index contributed by atoms with van der Waals surface area (Å²) >= 11 is 7.09. The summed E-state index contributed by atoms with van der Waals surface area (Å²) < 4.78 is 19.4. The Kier molecular flexibility index (Phi) is 3.92. The Morgan fingerprint density at radius 1 is 1.50 bits per heavy atom. The van der Waals surface area contributed by atoms with Crippen LogP contribution in [-0.4, -0.2) is 42.5 Å². The minimum Gasteiger partial charge on any atom is -0.373 e. The second-order valence-electron chi connectivity index (χ2n) is 4.69. The van der Waals surface area contributed by atoms with E-state index in [1.54, 1.807) is 11.0 Å². The number of hydrogen-bond donors (Lipinski definition) is 0. The molecule has 1 unspecified atom stereocenters. The van der Waals surface area contributed by atoms with Gasteiger partial charge < -0.3 is 9.64 Å². The summed E-state index contributed by atoms with van der Waals surface area (Å²) in [6.07, 6.45) is -0.110. The standard InChI is InChI=1S/C14H13ClFNO2S/c15-7-11-8-17(3-4-19-11)14(18)13-5-9-1-2-10(16)6-12(9)20-13/h1-2,5-6,11H,3-4,7-8H2. The van der Waals surface area contributed by atoms with Crippen LogP contribution in [0.4, 0.5) is 4.39 Å². The molecule has 0 bridgehead atoms. The van der Waals surface area contributed by atoms with Crippen LogP contribution in [0.25, 0.3) is 10.1 Å². The van der Waals surface area contributed by atoms with Crippen LogP contribution in [0.2, 0.25) is 0 Å². The molecule has 1 fully saturated rings. The summed E-state index contributed by atoms with van der Waals surface area (Å²) in [5, 5.41) is 0.891. The molecule has 1 saturated heterocycles. The third-order valence-corrected chi connectivity index (χ3v) is 4.72. The van der Waals surface area contributed by atoms with E-state index in [1.807, 2.05) is 6.07 Å². The highest BCUT2D eigenvalue weighted by atomic mass is 35.5. The molecule has 0 spiro atoms. The largest absolute Gasteiger partial charge is 0.373 e.